The van der Waals surface area contributed by atoms with E-state index in [1.807, 2.05) is 28.1 Å². The zero-order valence-electron chi connectivity index (χ0n) is 19.7. The summed E-state index contributed by atoms with van der Waals surface area (Å²) >= 11 is 0. The molecule has 2 atom stereocenters. The number of hydrogen-bond donors (Lipinski definition) is 0. The molecule has 0 radical (unpaired) electrons. The highest BCUT2D eigenvalue weighted by Crippen LogP contribution is 2.44. The van der Waals surface area contributed by atoms with E-state index in [1.54, 1.807) is 0 Å². The predicted octanol–water partition coefficient (Wildman–Crippen LogP) is 7.33. The molecule has 0 aromatic heterocycles. The van der Waals surface area contributed by atoms with Crippen LogP contribution in [0.3, 0.4) is 0 Å². The largest absolute Gasteiger partial charge is 0.590 e. The molecule has 0 amide bonds. The zero-order chi connectivity index (χ0) is 21.3. The Morgan fingerprint density at radius 1 is 0.750 bits per heavy atom. The second-order valence-corrected chi connectivity index (χ2v) is 10.6. The van der Waals surface area contributed by atoms with E-state index in [0.717, 1.165) is 19.3 Å². The third-order valence-corrected chi connectivity index (χ3v) is 8.06. The molecule has 0 saturated carbocycles. The summed E-state index contributed by atoms with van der Waals surface area (Å²) in [6, 6.07) is 0. The summed E-state index contributed by atoms with van der Waals surface area (Å²) in [5.41, 5.74) is 0. The van der Waals surface area contributed by atoms with Crippen molar-refractivity contribution in [2.24, 2.45) is 0 Å². The molecule has 0 aliphatic heterocycles. The van der Waals surface area contributed by atoms with Crippen LogP contribution in [0.1, 0.15) is 117 Å². The van der Waals surface area contributed by atoms with Crippen molar-refractivity contribution in [1.82, 2.24) is 0 Å². The van der Waals surface area contributed by atoms with Crippen LogP contribution in [0.5, 0.6) is 0 Å². The van der Waals surface area contributed by atoms with Gasteiger partial charge in [0.25, 0.3) is 5.28 Å². The van der Waals surface area contributed by atoms with Gasteiger partial charge in [-0.15, -0.1) is 0 Å². The summed E-state index contributed by atoms with van der Waals surface area (Å²) in [5, 5.41) is -0.597. The molecule has 28 heavy (non-hydrogen) atoms. The molecule has 0 N–H and O–H groups in total. The second kappa shape index (κ2) is 16.5. The molecule has 2 unspecified atom stereocenters. The van der Waals surface area contributed by atoms with E-state index in [-0.39, 0.29) is 0 Å². The molecule has 0 rings (SSSR count). The number of nitrogens with zero attached hydrogens (tertiary/aromatic N) is 1. The fourth-order valence-corrected chi connectivity index (χ4v) is 5.20. The Labute approximate surface area is 177 Å². The van der Waals surface area contributed by atoms with E-state index in [1.165, 1.54) is 77.0 Å². The Kier molecular flexibility index (Phi) is 16.4. The van der Waals surface area contributed by atoms with Crippen LogP contribution in [0.15, 0.2) is 12.2 Å². The van der Waals surface area contributed by atoms with Gasteiger partial charge < -0.3 is 4.89 Å². The van der Waals surface area contributed by atoms with E-state index in [4.69, 9.17) is 0 Å². The minimum absolute atomic E-state index is 0.510. The average molecular weight is 415 g/mol. The van der Waals surface area contributed by atoms with Crippen molar-refractivity contribution in [2.45, 2.75) is 122 Å². The topological polar surface area (TPSA) is 40.1 Å². The molecule has 0 spiro atoms. The van der Waals surface area contributed by atoms with Crippen LogP contribution < -0.4 is 4.89 Å². The highest BCUT2D eigenvalue weighted by molar-refractivity contribution is 7.38. The molecular formula is C24H49NO2P+. The molecular weight excluding hydrogens is 365 g/mol. The van der Waals surface area contributed by atoms with Crippen molar-refractivity contribution in [3.05, 3.63) is 12.2 Å². The number of quaternary nitrogens is 1. The normalized spacial score (nSPS) is 15.1. The van der Waals surface area contributed by atoms with Gasteiger partial charge in [-0.05, 0) is 32.1 Å². The first-order chi connectivity index (χ1) is 13.3. The maximum atomic E-state index is 11.9. The van der Waals surface area contributed by atoms with Gasteiger partial charge in [0.2, 0.25) is 0 Å². The van der Waals surface area contributed by atoms with Crippen molar-refractivity contribution >= 4 is 8.03 Å². The van der Waals surface area contributed by atoms with E-state index >= 15 is 0 Å². The van der Waals surface area contributed by atoms with Crippen LogP contribution in [-0.2, 0) is 4.57 Å². The van der Waals surface area contributed by atoms with E-state index in [9.17, 15) is 9.46 Å². The Hall–Kier alpha value is -0.240. The molecule has 4 heteroatoms. The first kappa shape index (κ1) is 27.8. The fraction of sp³-hybridized carbons (Fsp3) is 0.917. The van der Waals surface area contributed by atoms with Gasteiger partial charge in [-0.3, -0.25) is 4.48 Å². The van der Waals surface area contributed by atoms with E-state index in [0.29, 0.717) is 10.9 Å². The van der Waals surface area contributed by atoms with Gasteiger partial charge >= 0.3 is 8.03 Å². The van der Waals surface area contributed by atoms with Gasteiger partial charge in [-0.1, -0.05) is 88.4 Å². The Bertz CT molecular complexity index is 417. The van der Waals surface area contributed by atoms with Crippen LogP contribution >= 0.6 is 8.03 Å². The van der Waals surface area contributed by atoms with Crippen LogP contribution in [0.4, 0.5) is 0 Å². The third-order valence-electron chi connectivity index (χ3n) is 6.24. The average Bonchev–Trinajstić information content (AvgIpc) is 2.63. The number of rotatable bonds is 19. The lowest BCUT2D eigenvalue weighted by molar-refractivity contribution is -0.910. The zero-order valence-corrected chi connectivity index (χ0v) is 20.6. The molecule has 0 aromatic rings. The van der Waals surface area contributed by atoms with Crippen molar-refractivity contribution in [3.63, 3.8) is 0 Å². The molecule has 3 nitrogen and oxygen atoms in total. The number of hydrogen-bond acceptors (Lipinski definition) is 2. The molecule has 0 fully saturated rings. The van der Waals surface area contributed by atoms with Gasteiger partial charge in [0.05, 0.1) is 21.1 Å². The summed E-state index contributed by atoms with van der Waals surface area (Å²) in [5.74, 6) is 0. The summed E-state index contributed by atoms with van der Waals surface area (Å²) < 4.78 is 12.4. The first-order valence-corrected chi connectivity index (χ1v) is 13.1. The lowest BCUT2D eigenvalue weighted by atomic mass is 10.0. The van der Waals surface area contributed by atoms with Gasteiger partial charge in [0.15, 0.2) is 0 Å². The van der Waals surface area contributed by atoms with Crippen molar-refractivity contribution in [3.8, 4) is 0 Å². The first-order valence-electron chi connectivity index (χ1n) is 11.9. The van der Waals surface area contributed by atoms with Crippen LogP contribution in [0.25, 0.3) is 0 Å². The molecule has 0 bridgehead atoms. The maximum Gasteiger partial charge on any atom is 0.376 e. The standard InChI is InChI=1S/C24H49NO2P/c1-6-8-9-10-11-12-13-14-15-16-17-18-19-20-21-22-23-24(7-2,28(26)27)25(3,4)5/h11-12H,6-10,13-23H2,1-5H3/q+1/b12-11-. The molecule has 0 heterocycles. The van der Waals surface area contributed by atoms with Crippen molar-refractivity contribution in [1.29, 1.82) is 0 Å². The van der Waals surface area contributed by atoms with Crippen LogP contribution in [-0.4, -0.2) is 30.9 Å². The lowest BCUT2D eigenvalue weighted by Gasteiger charge is -2.39. The smallest absolute Gasteiger partial charge is 0.376 e. The summed E-state index contributed by atoms with van der Waals surface area (Å²) in [6.07, 6.45) is 24.2. The Morgan fingerprint density at radius 3 is 1.57 bits per heavy atom. The summed E-state index contributed by atoms with van der Waals surface area (Å²) in [4.78, 5) is 11.9. The maximum absolute atomic E-state index is 11.9. The third kappa shape index (κ3) is 11.7. The van der Waals surface area contributed by atoms with Crippen molar-refractivity contribution in [2.75, 3.05) is 21.1 Å². The summed E-state index contributed by atoms with van der Waals surface area (Å²) in [6.45, 7) is 4.27. The molecule has 0 saturated heterocycles. The minimum Gasteiger partial charge on any atom is -0.590 e. The van der Waals surface area contributed by atoms with Gasteiger partial charge in [-0.25, -0.2) is 0 Å². The van der Waals surface area contributed by atoms with E-state index < -0.39 is 13.3 Å². The fourth-order valence-electron chi connectivity index (χ4n) is 4.11. The van der Waals surface area contributed by atoms with Crippen LogP contribution in [0.2, 0.25) is 0 Å². The Balaban J connectivity index is 3.63. The van der Waals surface area contributed by atoms with E-state index in [2.05, 4.69) is 19.1 Å². The minimum atomic E-state index is -2.41. The lowest BCUT2D eigenvalue weighted by Crippen LogP contribution is -2.55. The highest BCUT2D eigenvalue weighted by atomic mass is 31.1. The summed E-state index contributed by atoms with van der Waals surface area (Å²) in [7, 11) is 3.62. The molecule has 166 valence electrons. The van der Waals surface area contributed by atoms with Gasteiger partial charge in [0, 0.05) is 12.8 Å². The second-order valence-electron chi connectivity index (χ2n) is 9.29. The van der Waals surface area contributed by atoms with Crippen LogP contribution in [0, 0.1) is 0 Å². The van der Waals surface area contributed by atoms with Gasteiger partial charge in [0.1, 0.15) is 0 Å². The number of allylic oxidation sites excluding steroid dienone is 2. The highest BCUT2D eigenvalue weighted by Gasteiger charge is 2.52. The molecule has 0 aliphatic rings. The molecule has 0 aliphatic carbocycles. The number of unbranched alkanes of at least 4 members (excludes halogenated alkanes) is 12. The predicted molar refractivity (Wildman–Crippen MR) is 123 cm³/mol. The monoisotopic (exact) mass is 414 g/mol. The van der Waals surface area contributed by atoms with Gasteiger partial charge in [-0.2, -0.15) is 0 Å². The SMILES string of the molecule is CCCCC/C=C\CCCCCCCCCCCC(CC)([P+](=O)[O-])[N+](C)(C)C. The molecule has 0 aromatic carbocycles. The van der Waals surface area contributed by atoms with Crippen molar-refractivity contribution < 1.29 is 13.9 Å². The quantitative estimate of drug-likeness (QED) is 0.0960. The Morgan fingerprint density at radius 2 is 1.18 bits per heavy atom.